The molecule has 0 bridgehead atoms. The Kier molecular flexibility index (Phi) is 2.50. The average molecular weight is 189 g/mol. The van der Waals surface area contributed by atoms with Gasteiger partial charge in [-0.2, -0.15) is 5.10 Å². The molecule has 2 aromatic heterocycles. The van der Waals surface area contributed by atoms with Crippen molar-refractivity contribution in [3.63, 3.8) is 0 Å². The molecule has 0 fully saturated rings. The van der Waals surface area contributed by atoms with E-state index in [4.69, 9.17) is 5.73 Å². The van der Waals surface area contributed by atoms with Crippen LogP contribution in [0.5, 0.6) is 0 Å². The van der Waals surface area contributed by atoms with Crippen molar-refractivity contribution < 1.29 is 0 Å². The van der Waals surface area contributed by atoms with Gasteiger partial charge in [0.05, 0.1) is 11.2 Å². The van der Waals surface area contributed by atoms with Gasteiger partial charge in [-0.05, 0) is 44.0 Å². The van der Waals surface area contributed by atoms with Crippen LogP contribution < -0.4 is 5.73 Å². The van der Waals surface area contributed by atoms with Crippen LogP contribution in [0.4, 0.5) is 0 Å². The van der Waals surface area contributed by atoms with Crippen molar-refractivity contribution in [1.82, 2.24) is 9.61 Å². The molecule has 0 aliphatic heterocycles. The molecule has 0 radical (unpaired) electrons. The van der Waals surface area contributed by atoms with Crippen LogP contribution in [0.15, 0.2) is 24.4 Å². The summed E-state index contributed by atoms with van der Waals surface area (Å²) in [4.78, 5) is 0. The molecule has 0 saturated carbocycles. The van der Waals surface area contributed by atoms with Crippen LogP contribution in [0.2, 0.25) is 0 Å². The standard InChI is InChI=1S/C11H15N3/c1-9-8-11-10(4-2-6-12)5-3-7-14(11)13-9/h3,5,7-8H,2,4,6,12H2,1H3. The summed E-state index contributed by atoms with van der Waals surface area (Å²) in [7, 11) is 0. The SMILES string of the molecule is Cc1cc2c(CCCN)cccn2n1. The van der Waals surface area contributed by atoms with Gasteiger partial charge in [0.25, 0.3) is 0 Å². The van der Waals surface area contributed by atoms with Gasteiger partial charge in [-0.15, -0.1) is 0 Å². The van der Waals surface area contributed by atoms with Gasteiger partial charge in [-0.1, -0.05) is 6.07 Å². The molecule has 3 heteroatoms. The normalized spacial score (nSPS) is 11.0. The zero-order valence-corrected chi connectivity index (χ0v) is 8.40. The number of hydrogen-bond acceptors (Lipinski definition) is 2. The molecule has 0 atom stereocenters. The van der Waals surface area contributed by atoms with Gasteiger partial charge in [0, 0.05) is 6.20 Å². The van der Waals surface area contributed by atoms with Gasteiger partial charge in [0.2, 0.25) is 0 Å². The lowest BCUT2D eigenvalue weighted by molar-refractivity contribution is 0.827. The minimum atomic E-state index is 0.744. The van der Waals surface area contributed by atoms with Gasteiger partial charge in [-0.25, -0.2) is 4.52 Å². The summed E-state index contributed by atoms with van der Waals surface area (Å²) in [5.41, 5.74) is 9.10. The fourth-order valence-electron chi connectivity index (χ4n) is 1.70. The Morgan fingerprint density at radius 3 is 3.14 bits per heavy atom. The van der Waals surface area contributed by atoms with E-state index in [0.717, 1.165) is 25.1 Å². The van der Waals surface area contributed by atoms with E-state index in [0.29, 0.717) is 0 Å². The van der Waals surface area contributed by atoms with Crippen molar-refractivity contribution in [2.45, 2.75) is 19.8 Å². The van der Waals surface area contributed by atoms with Crippen molar-refractivity contribution in [2.75, 3.05) is 6.54 Å². The van der Waals surface area contributed by atoms with Crippen LogP contribution in [0, 0.1) is 6.92 Å². The van der Waals surface area contributed by atoms with Crippen molar-refractivity contribution in [3.05, 3.63) is 35.7 Å². The predicted molar refractivity (Wildman–Crippen MR) is 57.3 cm³/mol. The van der Waals surface area contributed by atoms with E-state index in [1.165, 1.54) is 11.1 Å². The summed E-state index contributed by atoms with van der Waals surface area (Å²) >= 11 is 0. The predicted octanol–water partition coefficient (Wildman–Crippen LogP) is 1.53. The minimum absolute atomic E-state index is 0.744. The van der Waals surface area contributed by atoms with Crippen molar-refractivity contribution in [3.8, 4) is 0 Å². The fraction of sp³-hybridized carbons (Fsp3) is 0.364. The molecule has 2 heterocycles. The molecule has 14 heavy (non-hydrogen) atoms. The number of hydrogen-bond donors (Lipinski definition) is 1. The summed E-state index contributed by atoms with van der Waals surface area (Å²) in [5.74, 6) is 0. The van der Waals surface area contributed by atoms with Gasteiger partial charge in [-0.3, -0.25) is 0 Å². The van der Waals surface area contributed by atoms with Crippen LogP contribution in [-0.2, 0) is 6.42 Å². The second-order valence-electron chi connectivity index (χ2n) is 3.54. The Morgan fingerprint density at radius 2 is 2.36 bits per heavy atom. The topological polar surface area (TPSA) is 43.3 Å². The van der Waals surface area contributed by atoms with Gasteiger partial charge < -0.3 is 5.73 Å². The van der Waals surface area contributed by atoms with Crippen LogP contribution in [0.25, 0.3) is 5.52 Å². The van der Waals surface area contributed by atoms with E-state index in [2.05, 4.69) is 17.2 Å². The maximum Gasteiger partial charge on any atom is 0.0696 e. The maximum absolute atomic E-state index is 5.50. The van der Waals surface area contributed by atoms with Crippen LogP contribution in [-0.4, -0.2) is 16.2 Å². The number of pyridine rings is 1. The molecular formula is C11H15N3. The maximum atomic E-state index is 5.50. The molecule has 0 aromatic carbocycles. The summed E-state index contributed by atoms with van der Waals surface area (Å²) in [6, 6.07) is 6.29. The van der Waals surface area contributed by atoms with E-state index < -0.39 is 0 Å². The highest BCUT2D eigenvalue weighted by atomic mass is 15.2. The smallest absolute Gasteiger partial charge is 0.0696 e. The average Bonchev–Trinajstić information content (AvgIpc) is 2.55. The lowest BCUT2D eigenvalue weighted by Crippen LogP contribution is -2.01. The van der Waals surface area contributed by atoms with Crippen molar-refractivity contribution in [2.24, 2.45) is 5.73 Å². The van der Waals surface area contributed by atoms with Crippen molar-refractivity contribution in [1.29, 1.82) is 0 Å². The Hall–Kier alpha value is -1.35. The van der Waals surface area contributed by atoms with Crippen LogP contribution >= 0.6 is 0 Å². The van der Waals surface area contributed by atoms with E-state index in [1.54, 1.807) is 0 Å². The first-order chi connectivity index (χ1) is 6.81. The number of rotatable bonds is 3. The first-order valence-electron chi connectivity index (χ1n) is 4.95. The Balaban J connectivity index is 2.42. The fourth-order valence-corrected chi connectivity index (χ4v) is 1.70. The molecule has 3 nitrogen and oxygen atoms in total. The molecule has 2 N–H and O–H groups in total. The van der Waals surface area contributed by atoms with E-state index >= 15 is 0 Å². The number of aryl methyl sites for hydroxylation is 2. The third-order valence-electron chi connectivity index (χ3n) is 2.36. The molecule has 0 saturated heterocycles. The third kappa shape index (κ3) is 1.63. The number of fused-ring (bicyclic) bond motifs is 1. The Labute approximate surface area is 83.5 Å². The lowest BCUT2D eigenvalue weighted by Gasteiger charge is -2.01. The molecule has 2 rings (SSSR count). The Bertz CT molecular complexity index is 431. The van der Waals surface area contributed by atoms with E-state index in [-0.39, 0.29) is 0 Å². The first-order valence-corrected chi connectivity index (χ1v) is 4.95. The monoisotopic (exact) mass is 189 g/mol. The third-order valence-corrected chi connectivity index (χ3v) is 2.36. The largest absolute Gasteiger partial charge is 0.330 e. The molecule has 0 aliphatic rings. The molecule has 74 valence electrons. The molecule has 0 amide bonds. The lowest BCUT2D eigenvalue weighted by atomic mass is 10.1. The summed E-state index contributed by atoms with van der Waals surface area (Å²) in [6.07, 6.45) is 4.05. The Morgan fingerprint density at radius 1 is 1.50 bits per heavy atom. The number of nitrogens with two attached hydrogens (primary N) is 1. The summed E-state index contributed by atoms with van der Waals surface area (Å²) in [6.45, 7) is 2.76. The van der Waals surface area contributed by atoms with Gasteiger partial charge in [0.15, 0.2) is 0 Å². The highest BCUT2D eigenvalue weighted by Gasteiger charge is 2.02. The highest BCUT2D eigenvalue weighted by molar-refractivity contribution is 5.55. The second kappa shape index (κ2) is 3.80. The number of nitrogens with zero attached hydrogens (tertiary/aromatic N) is 2. The molecule has 0 spiro atoms. The van der Waals surface area contributed by atoms with Crippen molar-refractivity contribution >= 4 is 5.52 Å². The number of aromatic nitrogens is 2. The first kappa shape index (κ1) is 9.21. The van der Waals surface area contributed by atoms with Crippen LogP contribution in [0.1, 0.15) is 17.7 Å². The minimum Gasteiger partial charge on any atom is -0.330 e. The molecular weight excluding hydrogens is 174 g/mol. The van der Waals surface area contributed by atoms with Crippen LogP contribution in [0.3, 0.4) is 0 Å². The molecule has 0 unspecified atom stereocenters. The van der Waals surface area contributed by atoms with Gasteiger partial charge in [0.1, 0.15) is 0 Å². The van der Waals surface area contributed by atoms with E-state index in [1.807, 2.05) is 23.7 Å². The van der Waals surface area contributed by atoms with Gasteiger partial charge >= 0.3 is 0 Å². The quantitative estimate of drug-likeness (QED) is 0.795. The summed E-state index contributed by atoms with van der Waals surface area (Å²) in [5, 5.41) is 4.37. The molecule has 2 aromatic rings. The van der Waals surface area contributed by atoms with E-state index in [9.17, 15) is 0 Å². The zero-order valence-electron chi connectivity index (χ0n) is 8.40. The summed E-state index contributed by atoms with van der Waals surface area (Å²) < 4.78 is 1.93. The zero-order chi connectivity index (χ0) is 9.97. The highest BCUT2D eigenvalue weighted by Crippen LogP contribution is 2.13. The molecule has 0 aliphatic carbocycles. The second-order valence-corrected chi connectivity index (χ2v) is 3.54.